The first kappa shape index (κ1) is 22.2. The molecule has 0 aliphatic rings. The Balaban J connectivity index is 1.99. The Bertz CT molecular complexity index is 1570. The minimum absolute atomic E-state index is 0.00554. The number of sulfone groups is 1. The molecule has 0 amide bonds. The molecule has 0 fully saturated rings. The summed E-state index contributed by atoms with van der Waals surface area (Å²) < 4.78 is 67.3. The van der Waals surface area contributed by atoms with E-state index in [1.165, 1.54) is 31.3 Å². The third-order valence-electron chi connectivity index (χ3n) is 5.35. The molecule has 2 aromatic carbocycles. The Hall–Kier alpha value is -3.04. The average Bonchev–Trinajstić information content (AvgIpc) is 3.18. The van der Waals surface area contributed by atoms with Gasteiger partial charge >= 0.3 is 0 Å². The van der Waals surface area contributed by atoms with Crippen LogP contribution in [0.25, 0.3) is 22.2 Å². The topological polar surface area (TPSA) is 86.1 Å². The van der Waals surface area contributed by atoms with E-state index in [1.54, 1.807) is 44.2 Å². The van der Waals surface area contributed by atoms with Crippen molar-refractivity contribution in [2.24, 2.45) is 0 Å². The van der Waals surface area contributed by atoms with E-state index in [0.29, 0.717) is 22.2 Å². The molecule has 4 aromatic rings. The molecule has 9 heteroatoms. The molecule has 0 saturated heterocycles. The van der Waals surface area contributed by atoms with Crippen molar-refractivity contribution in [2.45, 2.75) is 30.6 Å². The number of fused-ring (bicyclic) bond motifs is 1. The van der Waals surface area contributed by atoms with Gasteiger partial charge in [0, 0.05) is 22.8 Å². The molecular weight excluding hydrogens is 451 g/mol. The summed E-state index contributed by atoms with van der Waals surface area (Å²) in [5.74, 6) is -0.727. The fraction of sp³-hybridized carbons (Fsp3) is 0.174. The van der Waals surface area contributed by atoms with Crippen LogP contribution in [-0.4, -0.2) is 31.5 Å². The van der Waals surface area contributed by atoms with Gasteiger partial charge in [0.05, 0.1) is 15.5 Å². The van der Waals surface area contributed by atoms with Gasteiger partial charge in [0.25, 0.3) is 10.0 Å². The van der Waals surface area contributed by atoms with Gasteiger partial charge in [0.2, 0.25) is 0 Å². The fourth-order valence-electron chi connectivity index (χ4n) is 3.65. The van der Waals surface area contributed by atoms with E-state index in [1.807, 2.05) is 0 Å². The molecule has 166 valence electrons. The van der Waals surface area contributed by atoms with Crippen molar-refractivity contribution in [2.75, 3.05) is 5.75 Å². The predicted octanol–water partition coefficient (Wildman–Crippen LogP) is 4.49. The van der Waals surface area contributed by atoms with Gasteiger partial charge in [-0.3, -0.25) is 0 Å². The molecule has 4 rings (SSSR count). The molecule has 2 aromatic heterocycles. The Morgan fingerprint density at radius 1 is 0.938 bits per heavy atom. The molecule has 0 aliphatic heterocycles. The number of aromatic nitrogens is 2. The lowest BCUT2D eigenvalue weighted by Crippen LogP contribution is -2.14. The third kappa shape index (κ3) is 3.61. The zero-order valence-corrected chi connectivity index (χ0v) is 19.3. The normalized spacial score (nSPS) is 12.4. The predicted molar refractivity (Wildman–Crippen MR) is 121 cm³/mol. The van der Waals surface area contributed by atoms with Crippen LogP contribution in [0.5, 0.6) is 0 Å². The van der Waals surface area contributed by atoms with E-state index in [-0.39, 0.29) is 26.8 Å². The van der Waals surface area contributed by atoms with Crippen molar-refractivity contribution >= 4 is 30.9 Å². The standard InChI is InChI=1S/C23H21FN2O4S2/c1-4-31(27,28)17-9-10-21(24)20(14-17)19-13-16(3)25-23-18(19)11-12-26(23)32(29,30)22-8-6-5-7-15(22)2/h5-14H,4H2,1-3H3. The Labute approximate surface area is 186 Å². The molecule has 0 bridgehead atoms. The maximum absolute atomic E-state index is 14.8. The minimum atomic E-state index is -3.95. The van der Waals surface area contributed by atoms with E-state index >= 15 is 0 Å². The van der Waals surface area contributed by atoms with Crippen LogP contribution in [0.15, 0.2) is 70.6 Å². The zero-order valence-electron chi connectivity index (χ0n) is 17.7. The molecule has 32 heavy (non-hydrogen) atoms. The van der Waals surface area contributed by atoms with Gasteiger partial charge in [-0.15, -0.1) is 0 Å². The zero-order chi connectivity index (χ0) is 23.3. The Morgan fingerprint density at radius 3 is 2.34 bits per heavy atom. The highest BCUT2D eigenvalue weighted by molar-refractivity contribution is 7.91. The summed E-state index contributed by atoms with van der Waals surface area (Å²) in [7, 11) is -7.50. The molecule has 0 spiro atoms. The quantitative estimate of drug-likeness (QED) is 0.400. The van der Waals surface area contributed by atoms with Crippen LogP contribution in [0.1, 0.15) is 18.2 Å². The summed E-state index contributed by atoms with van der Waals surface area (Å²) in [6, 6.07) is 13.4. The number of hydrogen-bond donors (Lipinski definition) is 0. The molecule has 0 unspecified atom stereocenters. The third-order valence-corrected chi connectivity index (χ3v) is 8.91. The van der Waals surface area contributed by atoms with Crippen LogP contribution in [0.3, 0.4) is 0 Å². The first-order chi connectivity index (χ1) is 15.1. The first-order valence-electron chi connectivity index (χ1n) is 9.89. The number of halogens is 1. The van der Waals surface area contributed by atoms with Crippen molar-refractivity contribution in [3.8, 4) is 11.1 Å². The van der Waals surface area contributed by atoms with Crippen LogP contribution < -0.4 is 0 Å². The monoisotopic (exact) mass is 472 g/mol. The molecule has 2 heterocycles. The van der Waals surface area contributed by atoms with Crippen LogP contribution in [0, 0.1) is 19.7 Å². The van der Waals surface area contributed by atoms with Gasteiger partial charge in [-0.1, -0.05) is 25.1 Å². The lowest BCUT2D eigenvalue weighted by Gasteiger charge is -2.12. The second-order valence-corrected chi connectivity index (χ2v) is 11.5. The highest BCUT2D eigenvalue weighted by Crippen LogP contribution is 2.34. The highest BCUT2D eigenvalue weighted by Gasteiger charge is 2.24. The van der Waals surface area contributed by atoms with Gasteiger partial charge in [-0.25, -0.2) is 30.2 Å². The van der Waals surface area contributed by atoms with Gasteiger partial charge in [0.1, 0.15) is 5.82 Å². The van der Waals surface area contributed by atoms with Crippen molar-refractivity contribution in [1.29, 1.82) is 0 Å². The van der Waals surface area contributed by atoms with Crippen LogP contribution in [-0.2, 0) is 19.9 Å². The maximum atomic E-state index is 14.8. The minimum Gasteiger partial charge on any atom is -0.234 e. The molecule has 0 N–H and O–H groups in total. The summed E-state index contributed by atoms with van der Waals surface area (Å²) in [6.07, 6.45) is 1.38. The maximum Gasteiger partial charge on any atom is 0.269 e. The Kier molecular flexibility index (Phi) is 5.42. The van der Waals surface area contributed by atoms with Crippen LogP contribution in [0.2, 0.25) is 0 Å². The van der Waals surface area contributed by atoms with E-state index in [9.17, 15) is 21.2 Å². The van der Waals surface area contributed by atoms with Gasteiger partial charge in [-0.05, 0) is 61.4 Å². The summed E-state index contributed by atoms with van der Waals surface area (Å²) in [5, 5.41) is 0.401. The number of rotatable bonds is 5. The number of aryl methyl sites for hydroxylation is 2. The average molecular weight is 473 g/mol. The lowest BCUT2D eigenvalue weighted by molar-refractivity contribution is 0.587. The second-order valence-electron chi connectivity index (χ2n) is 7.48. The van der Waals surface area contributed by atoms with Crippen LogP contribution >= 0.6 is 0 Å². The smallest absolute Gasteiger partial charge is 0.234 e. The van der Waals surface area contributed by atoms with Crippen molar-refractivity contribution < 1.29 is 21.2 Å². The summed E-state index contributed by atoms with van der Waals surface area (Å²) >= 11 is 0. The Morgan fingerprint density at radius 2 is 1.66 bits per heavy atom. The largest absolute Gasteiger partial charge is 0.269 e. The van der Waals surface area contributed by atoms with E-state index in [0.717, 1.165) is 10.0 Å². The molecule has 6 nitrogen and oxygen atoms in total. The van der Waals surface area contributed by atoms with Crippen molar-refractivity contribution in [1.82, 2.24) is 8.96 Å². The van der Waals surface area contributed by atoms with Crippen LogP contribution in [0.4, 0.5) is 4.39 Å². The molecule has 0 radical (unpaired) electrons. The SMILES string of the molecule is CCS(=O)(=O)c1ccc(F)c(-c2cc(C)nc3c2ccn3S(=O)(=O)c2ccccc2C)c1. The number of pyridine rings is 1. The molecular formula is C23H21FN2O4S2. The molecule has 0 saturated carbocycles. The fourth-order valence-corrected chi connectivity index (χ4v) is 6.08. The van der Waals surface area contributed by atoms with E-state index < -0.39 is 25.7 Å². The van der Waals surface area contributed by atoms with Gasteiger partial charge in [-0.2, -0.15) is 0 Å². The number of hydrogen-bond acceptors (Lipinski definition) is 5. The van der Waals surface area contributed by atoms with Gasteiger partial charge < -0.3 is 0 Å². The molecule has 0 aliphatic carbocycles. The first-order valence-corrected chi connectivity index (χ1v) is 13.0. The summed E-state index contributed by atoms with van der Waals surface area (Å²) in [6.45, 7) is 4.90. The summed E-state index contributed by atoms with van der Waals surface area (Å²) in [5.41, 5.74) is 1.64. The summed E-state index contributed by atoms with van der Waals surface area (Å²) in [4.78, 5) is 4.55. The number of benzene rings is 2. The van der Waals surface area contributed by atoms with Crippen molar-refractivity contribution in [3.05, 3.63) is 77.9 Å². The van der Waals surface area contributed by atoms with E-state index in [2.05, 4.69) is 4.98 Å². The number of nitrogens with zero attached hydrogens (tertiary/aromatic N) is 2. The lowest BCUT2D eigenvalue weighted by atomic mass is 10.0. The van der Waals surface area contributed by atoms with Gasteiger partial charge in [0.15, 0.2) is 15.5 Å². The molecule has 0 atom stereocenters. The highest BCUT2D eigenvalue weighted by atomic mass is 32.2. The van der Waals surface area contributed by atoms with Crippen molar-refractivity contribution in [3.63, 3.8) is 0 Å². The van der Waals surface area contributed by atoms with E-state index in [4.69, 9.17) is 0 Å². The second kappa shape index (κ2) is 7.83.